The van der Waals surface area contributed by atoms with Gasteiger partial charge in [-0.3, -0.25) is 14.6 Å². The van der Waals surface area contributed by atoms with Gasteiger partial charge in [0.2, 0.25) is 11.8 Å². The van der Waals surface area contributed by atoms with Gasteiger partial charge in [0.05, 0.1) is 6.04 Å². The van der Waals surface area contributed by atoms with Gasteiger partial charge in [-0.05, 0) is 47.7 Å². The van der Waals surface area contributed by atoms with Gasteiger partial charge in [-0.25, -0.2) is 0 Å². The number of fused-ring (bicyclic) bond motifs is 1. The Morgan fingerprint density at radius 3 is 2.35 bits per heavy atom. The molecule has 2 atom stereocenters. The number of benzene rings is 3. The number of amides is 2. The van der Waals surface area contributed by atoms with Crippen LogP contribution in [0, 0.1) is 0 Å². The number of anilines is 1. The largest absolute Gasteiger partial charge is 0.370 e. The van der Waals surface area contributed by atoms with E-state index in [9.17, 15) is 9.59 Å². The monoisotopic (exact) mass is 460 g/mol. The highest BCUT2D eigenvalue weighted by Crippen LogP contribution is 2.20. The molecule has 34 heavy (non-hydrogen) atoms. The van der Waals surface area contributed by atoms with Crippen molar-refractivity contribution in [2.45, 2.75) is 31.3 Å². The fourth-order valence-corrected chi connectivity index (χ4v) is 3.86. The number of guanidine groups is 1. The zero-order valence-corrected chi connectivity index (χ0v) is 19.4. The van der Waals surface area contributed by atoms with Crippen LogP contribution in [0.15, 0.2) is 77.8 Å². The SMILES string of the molecule is CN(C(=O)[C@@H](N)Cc1ccccc1)[C@@H](CCCN=C(N)N)C(=O)Nc1ccc2ccccc2c1. The Labute approximate surface area is 199 Å². The summed E-state index contributed by atoms with van der Waals surface area (Å²) in [6.45, 7) is 0.361. The number of likely N-dealkylation sites (N-methyl/N-ethyl adjacent to an activating group) is 1. The van der Waals surface area contributed by atoms with Gasteiger partial charge in [0.1, 0.15) is 6.04 Å². The van der Waals surface area contributed by atoms with Gasteiger partial charge in [-0.2, -0.15) is 0 Å². The van der Waals surface area contributed by atoms with Gasteiger partial charge >= 0.3 is 0 Å². The number of nitrogens with two attached hydrogens (primary N) is 3. The number of hydrogen-bond acceptors (Lipinski definition) is 4. The van der Waals surface area contributed by atoms with Crippen molar-refractivity contribution in [3.05, 3.63) is 78.4 Å². The normalized spacial score (nSPS) is 12.5. The molecule has 3 aromatic rings. The summed E-state index contributed by atoms with van der Waals surface area (Å²) >= 11 is 0. The molecule has 0 unspecified atom stereocenters. The van der Waals surface area contributed by atoms with E-state index in [0.717, 1.165) is 16.3 Å². The van der Waals surface area contributed by atoms with E-state index >= 15 is 0 Å². The second-order valence-corrected chi connectivity index (χ2v) is 8.26. The van der Waals surface area contributed by atoms with Crippen molar-refractivity contribution >= 4 is 34.2 Å². The average Bonchev–Trinajstić information content (AvgIpc) is 2.83. The molecular formula is C26H32N6O2. The summed E-state index contributed by atoms with van der Waals surface area (Å²) in [7, 11) is 1.61. The van der Waals surface area contributed by atoms with E-state index in [1.54, 1.807) is 7.05 Å². The molecule has 7 N–H and O–H groups in total. The first kappa shape index (κ1) is 24.7. The van der Waals surface area contributed by atoms with Crippen molar-refractivity contribution in [3.63, 3.8) is 0 Å². The van der Waals surface area contributed by atoms with Crippen LogP contribution < -0.4 is 22.5 Å². The lowest BCUT2D eigenvalue weighted by atomic mass is 10.0. The zero-order valence-electron chi connectivity index (χ0n) is 19.4. The van der Waals surface area contributed by atoms with E-state index < -0.39 is 12.1 Å². The highest BCUT2D eigenvalue weighted by Gasteiger charge is 2.29. The molecule has 0 saturated heterocycles. The van der Waals surface area contributed by atoms with Gasteiger partial charge in [0.25, 0.3) is 0 Å². The topological polar surface area (TPSA) is 140 Å². The van der Waals surface area contributed by atoms with Crippen molar-refractivity contribution in [2.75, 3.05) is 18.9 Å². The summed E-state index contributed by atoms with van der Waals surface area (Å²) in [6, 6.07) is 21.7. The molecule has 0 aromatic heterocycles. The Balaban J connectivity index is 1.74. The molecule has 8 nitrogen and oxygen atoms in total. The van der Waals surface area contributed by atoms with Crippen molar-refractivity contribution in [1.29, 1.82) is 0 Å². The molecule has 0 aliphatic carbocycles. The summed E-state index contributed by atoms with van der Waals surface area (Å²) in [5, 5.41) is 5.04. The molecule has 0 aliphatic rings. The Bertz CT molecular complexity index is 1140. The van der Waals surface area contributed by atoms with E-state index in [1.807, 2.05) is 72.8 Å². The highest BCUT2D eigenvalue weighted by atomic mass is 16.2. The molecule has 178 valence electrons. The van der Waals surface area contributed by atoms with E-state index in [4.69, 9.17) is 17.2 Å². The number of carbonyl (C=O) groups excluding carboxylic acids is 2. The Hall–Kier alpha value is -3.91. The Morgan fingerprint density at radius 1 is 0.971 bits per heavy atom. The van der Waals surface area contributed by atoms with Gasteiger partial charge < -0.3 is 27.4 Å². The molecule has 0 bridgehead atoms. The second kappa shape index (κ2) is 11.8. The Kier molecular flexibility index (Phi) is 8.59. The summed E-state index contributed by atoms with van der Waals surface area (Å²) in [5.41, 5.74) is 18.6. The van der Waals surface area contributed by atoms with Crippen LogP contribution in [0.5, 0.6) is 0 Å². The van der Waals surface area contributed by atoms with Crippen LogP contribution in [0.1, 0.15) is 18.4 Å². The fraction of sp³-hybridized carbons (Fsp3) is 0.269. The third-order valence-corrected chi connectivity index (χ3v) is 5.68. The average molecular weight is 461 g/mol. The molecule has 0 saturated carbocycles. The van der Waals surface area contributed by atoms with Gasteiger partial charge in [0, 0.05) is 19.3 Å². The first-order valence-electron chi connectivity index (χ1n) is 11.3. The number of nitrogens with zero attached hydrogens (tertiary/aromatic N) is 2. The van der Waals surface area contributed by atoms with Gasteiger partial charge in [-0.1, -0.05) is 60.7 Å². The maximum absolute atomic E-state index is 13.3. The predicted molar refractivity (Wildman–Crippen MR) is 137 cm³/mol. The number of carbonyl (C=O) groups is 2. The van der Waals surface area contributed by atoms with Crippen molar-refractivity contribution < 1.29 is 9.59 Å². The molecule has 8 heteroatoms. The Morgan fingerprint density at radius 2 is 1.65 bits per heavy atom. The first-order chi connectivity index (χ1) is 16.3. The van der Waals surface area contributed by atoms with Crippen molar-refractivity contribution in [3.8, 4) is 0 Å². The minimum absolute atomic E-state index is 0.00789. The zero-order chi connectivity index (χ0) is 24.5. The van der Waals surface area contributed by atoms with Gasteiger partial charge in [-0.15, -0.1) is 0 Å². The lowest BCUT2D eigenvalue weighted by molar-refractivity contribution is -0.138. The van der Waals surface area contributed by atoms with E-state index in [0.29, 0.717) is 31.5 Å². The van der Waals surface area contributed by atoms with Crippen LogP contribution in [-0.4, -0.2) is 48.3 Å². The van der Waals surface area contributed by atoms with Crippen LogP contribution in [-0.2, 0) is 16.0 Å². The van der Waals surface area contributed by atoms with Crippen LogP contribution in [0.3, 0.4) is 0 Å². The second-order valence-electron chi connectivity index (χ2n) is 8.26. The summed E-state index contributed by atoms with van der Waals surface area (Å²) in [5.74, 6) is -0.599. The number of hydrogen-bond donors (Lipinski definition) is 4. The summed E-state index contributed by atoms with van der Waals surface area (Å²) in [6.07, 6.45) is 1.30. The lowest BCUT2D eigenvalue weighted by Gasteiger charge is -2.29. The molecule has 0 fully saturated rings. The maximum Gasteiger partial charge on any atom is 0.247 e. The fourth-order valence-electron chi connectivity index (χ4n) is 3.86. The maximum atomic E-state index is 13.3. The number of rotatable bonds is 10. The molecule has 3 rings (SSSR count). The van der Waals surface area contributed by atoms with Crippen LogP contribution in [0.25, 0.3) is 10.8 Å². The molecule has 3 aromatic carbocycles. The molecule has 0 heterocycles. The molecular weight excluding hydrogens is 428 g/mol. The third kappa shape index (κ3) is 6.79. The lowest BCUT2D eigenvalue weighted by Crippen LogP contribution is -2.51. The predicted octanol–water partition coefficient (Wildman–Crippen LogP) is 2.23. The molecule has 0 aliphatic heterocycles. The summed E-state index contributed by atoms with van der Waals surface area (Å²) in [4.78, 5) is 31.8. The molecule has 0 spiro atoms. The van der Waals surface area contributed by atoms with E-state index in [1.165, 1.54) is 4.90 Å². The first-order valence-corrected chi connectivity index (χ1v) is 11.3. The third-order valence-electron chi connectivity index (χ3n) is 5.68. The van der Waals surface area contributed by atoms with Crippen molar-refractivity contribution in [2.24, 2.45) is 22.2 Å². The van der Waals surface area contributed by atoms with Crippen LogP contribution in [0.2, 0.25) is 0 Å². The summed E-state index contributed by atoms with van der Waals surface area (Å²) < 4.78 is 0. The van der Waals surface area contributed by atoms with Crippen LogP contribution >= 0.6 is 0 Å². The minimum Gasteiger partial charge on any atom is -0.370 e. The number of aliphatic imine (C=N–C) groups is 1. The molecule has 2 amide bonds. The van der Waals surface area contributed by atoms with E-state index in [2.05, 4.69) is 10.3 Å². The van der Waals surface area contributed by atoms with E-state index in [-0.39, 0.29) is 17.8 Å². The minimum atomic E-state index is -0.763. The number of nitrogens with one attached hydrogen (secondary N) is 1. The van der Waals surface area contributed by atoms with Gasteiger partial charge in [0.15, 0.2) is 5.96 Å². The highest BCUT2D eigenvalue weighted by molar-refractivity contribution is 5.99. The standard InChI is InChI=1S/C26H32N6O2/c1-32(25(34)22(27)16-18-8-3-2-4-9-18)23(12-7-15-30-26(28)29)24(33)31-21-14-13-19-10-5-6-11-20(19)17-21/h2-6,8-11,13-14,17,22-23H,7,12,15-16,27H2,1H3,(H,31,33)(H4,28,29,30)/t22-,23-/m0/s1. The smallest absolute Gasteiger partial charge is 0.247 e. The van der Waals surface area contributed by atoms with Crippen LogP contribution in [0.4, 0.5) is 5.69 Å². The molecule has 0 radical (unpaired) electrons. The quantitative estimate of drug-likeness (QED) is 0.209. The van der Waals surface area contributed by atoms with Crippen molar-refractivity contribution in [1.82, 2.24) is 4.90 Å².